The van der Waals surface area contributed by atoms with Crippen LogP contribution in [0.2, 0.25) is 0 Å². The van der Waals surface area contributed by atoms with Gasteiger partial charge in [0.1, 0.15) is 5.82 Å². The van der Waals surface area contributed by atoms with Gasteiger partial charge in [0.05, 0.1) is 0 Å². The van der Waals surface area contributed by atoms with Gasteiger partial charge >= 0.3 is 0 Å². The zero-order valence-electron chi connectivity index (χ0n) is 10.8. The van der Waals surface area contributed by atoms with Gasteiger partial charge in [0, 0.05) is 31.9 Å². The normalized spacial score (nSPS) is 15.4. The van der Waals surface area contributed by atoms with Crippen molar-refractivity contribution in [2.45, 2.75) is 39.7 Å². The number of rotatable bonds is 6. The summed E-state index contributed by atoms with van der Waals surface area (Å²) >= 11 is 0. The highest BCUT2D eigenvalue weighted by molar-refractivity contribution is 4.92. The van der Waals surface area contributed by atoms with Crippen LogP contribution in [0.25, 0.3) is 0 Å². The largest absolute Gasteiger partial charge is 0.338 e. The minimum Gasteiger partial charge on any atom is -0.338 e. The SMILES string of the molecule is CC(C)C(C)C(CCc1nccn1C)NN. The molecule has 2 atom stereocenters. The average molecular weight is 224 g/mol. The van der Waals surface area contributed by atoms with Crippen LogP contribution in [0, 0.1) is 11.8 Å². The van der Waals surface area contributed by atoms with Crippen molar-refractivity contribution >= 4 is 0 Å². The molecule has 0 aliphatic rings. The highest BCUT2D eigenvalue weighted by Gasteiger charge is 2.19. The Morgan fingerprint density at radius 2 is 2.12 bits per heavy atom. The number of imidazole rings is 1. The summed E-state index contributed by atoms with van der Waals surface area (Å²) in [5.41, 5.74) is 2.93. The summed E-state index contributed by atoms with van der Waals surface area (Å²) in [5, 5.41) is 0. The molecule has 0 fully saturated rings. The van der Waals surface area contributed by atoms with E-state index in [2.05, 4.69) is 35.7 Å². The Labute approximate surface area is 98.2 Å². The van der Waals surface area contributed by atoms with Crippen molar-refractivity contribution in [1.29, 1.82) is 0 Å². The predicted octanol–water partition coefficient (Wildman–Crippen LogP) is 1.48. The maximum absolute atomic E-state index is 5.61. The maximum atomic E-state index is 5.61. The molecule has 0 aliphatic carbocycles. The van der Waals surface area contributed by atoms with Crippen molar-refractivity contribution in [2.75, 3.05) is 0 Å². The zero-order valence-corrected chi connectivity index (χ0v) is 10.8. The molecule has 2 unspecified atom stereocenters. The van der Waals surface area contributed by atoms with Gasteiger partial charge in [-0.15, -0.1) is 0 Å². The van der Waals surface area contributed by atoms with Gasteiger partial charge in [-0.2, -0.15) is 0 Å². The van der Waals surface area contributed by atoms with E-state index in [0.717, 1.165) is 18.7 Å². The van der Waals surface area contributed by atoms with Crippen molar-refractivity contribution in [2.24, 2.45) is 24.7 Å². The summed E-state index contributed by atoms with van der Waals surface area (Å²) in [6.07, 6.45) is 5.81. The van der Waals surface area contributed by atoms with E-state index in [9.17, 15) is 0 Å². The number of nitrogens with two attached hydrogens (primary N) is 1. The maximum Gasteiger partial charge on any atom is 0.108 e. The van der Waals surface area contributed by atoms with E-state index in [4.69, 9.17) is 5.84 Å². The first-order valence-corrected chi connectivity index (χ1v) is 5.98. The Kier molecular flexibility index (Phi) is 4.96. The van der Waals surface area contributed by atoms with Gasteiger partial charge < -0.3 is 4.57 Å². The molecule has 4 nitrogen and oxygen atoms in total. The summed E-state index contributed by atoms with van der Waals surface area (Å²) in [6, 6.07) is 0.358. The smallest absolute Gasteiger partial charge is 0.108 e. The second kappa shape index (κ2) is 6.01. The average Bonchev–Trinajstić information content (AvgIpc) is 2.65. The minimum absolute atomic E-state index is 0.358. The third-order valence-corrected chi connectivity index (χ3v) is 3.50. The molecule has 0 radical (unpaired) electrons. The van der Waals surface area contributed by atoms with E-state index in [1.807, 2.05) is 19.4 Å². The van der Waals surface area contributed by atoms with Crippen LogP contribution in [0.5, 0.6) is 0 Å². The molecule has 3 N–H and O–H groups in total. The van der Waals surface area contributed by atoms with Crippen LogP contribution < -0.4 is 11.3 Å². The molecule has 0 bridgehead atoms. The van der Waals surface area contributed by atoms with Crippen LogP contribution in [0.4, 0.5) is 0 Å². The van der Waals surface area contributed by atoms with E-state index in [0.29, 0.717) is 17.9 Å². The third kappa shape index (κ3) is 3.32. The standard InChI is InChI=1S/C12H24N4/c1-9(2)10(3)11(15-13)5-6-12-14-7-8-16(12)4/h7-11,15H,5-6,13H2,1-4H3. The van der Waals surface area contributed by atoms with E-state index >= 15 is 0 Å². The molecule has 1 aromatic rings. The summed E-state index contributed by atoms with van der Waals surface area (Å²) in [6.45, 7) is 6.71. The Morgan fingerprint density at radius 3 is 2.56 bits per heavy atom. The fourth-order valence-electron chi connectivity index (χ4n) is 1.88. The Hall–Kier alpha value is -0.870. The molecule has 16 heavy (non-hydrogen) atoms. The first-order valence-electron chi connectivity index (χ1n) is 5.98. The van der Waals surface area contributed by atoms with Crippen molar-refractivity contribution in [3.8, 4) is 0 Å². The van der Waals surface area contributed by atoms with E-state index < -0.39 is 0 Å². The molecular formula is C12H24N4. The summed E-state index contributed by atoms with van der Waals surface area (Å²) in [5.74, 6) is 7.95. The van der Waals surface area contributed by atoms with Gasteiger partial charge in [-0.3, -0.25) is 11.3 Å². The number of aryl methyl sites for hydroxylation is 2. The van der Waals surface area contributed by atoms with Gasteiger partial charge in [0.15, 0.2) is 0 Å². The van der Waals surface area contributed by atoms with Crippen molar-refractivity contribution < 1.29 is 0 Å². The molecule has 1 aromatic heterocycles. The lowest BCUT2D eigenvalue weighted by Gasteiger charge is -2.26. The molecule has 0 saturated carbocycles. The lowest BCUT2D eigenvalue weighted by atomic mass is 9.88. The third-order valence-electron chi connectivity index (χ3n) is 3.50. The lowest BCUT2D eigenvalue weighted by Crippen LogP contribution is -2.42. The molecule has 92 valence electrons. The van der Waals surface area contributed by atoms with Gasteiger partial charge in [0.25, 0.3) is 0 Å². The van der Waals surface area contributed by atoms with Crippen LogP contribution in [0.15, 0.2) is 12.4 Å². The van der Waals surface area contributed by atoms with Crippen LogP contribution in [-0.4, -0.2) is 15.6 Å². The number of nitrogens with one attached hydrogen (secondary N) is 1. The molecule has 1 rings (SSSR count). The molecule has 0 aromatic carbocycles. The quantitative estimate of drug-likeness (QED) is 0.568. The summed E-state index contributed by atoms with van der Waals surface area (Å²) in [4.78, 5) is 4.32. The Balaban J connectivity index is 2.49. The second-order valence-corrected chi connectivity index (χ2v) is 4.87. The second-order valence-electron chi connectivity index (χ2n) is 4.87. The topological polar surface area (TPSA) is 55.9 Å². The van der Waals surface area contributed by atoms with E-state index in [-0.39, 0.29) is 0 Å². The number of nitrogens with zero attached hydrogens (tertiary/aromatic N) is 2. The van der Waals surface area contributed by atoms with Crippen LogP contribution in [0.3, 0.4) is 0 Å². The van der Waals surface area contributed by atoms with Crippen molar-refractivity contribution in [1.82, 2.24) is 15.0 Å². The predicted molar refractivity (Wildman–Crippen MR) is 66.6 cm³/mol. The number of hydrogen-bond donors (Lipinski definition) is 2. The number of aromatic nitrogens is 2. The zero-order chi connectivity index (χ0) is 12.1. The van der Waals surface area contributed by atoms with E-state index in [1.165, 1.54) is 0 Å². The van der Waals surface area contributed by atoms with Gasteiger partial charge in [-0.05, 0) is 18.3 Å². The summed E-state index contributed by atoms with van der Waals surface area (Å²) in [7, 11) is 2.03. The van der Waals surface area contributed by atoms with E-state index in [1.54, 1.807) is 0 Å². The monoisotopic (exact) mass is 224 g/mol. The Bertz CT molecular complexity index is 306. The molecule has 1 heterocycles. The van der Waals surface area contributed by atoms with Crippen molar-refractivity contribution in [3.05, 3.63) is 18.2 Å². The fraction of sp³-hybridized carbons (Fsp3) is 0.750. The van der Waals surface area contributed by atoms with Crippen LogP contribution in [0.1, 0.15) is 33.0 Å². The highest BCUT2D eigenvalue weighted by atomic mass is 15.2. The van der Waals surface area contributed by atoms with Crippen molar-refractivity contribution in [3.63, 3.8) is 0 Å². The number of hydrogen-bond acceptors (Lipinski definition) is 3. The van der Waals surface area contributed by atoms with Gasteiger partial charge in [0.2, 0.25) is 0 Å². The van der Waals surface area contributed by atoms with Gasteiger partial charge in [-0.1, -0.05) is 20.8 Å². The minimum atomic E-state index is 0.358. The first-order chi connectivity index (χ1) is 7.56. The molecule has 0 aliphatic heterocycles. The molecule has 0 spiro atoms. The molecular weight excluding hydrogens is 200 g/mol. The highest BCUT2D eigenvalue weighted by Crippen LogP contribution is 2.17. The lowest BCUT2D eigenvalue weighted by molar-refractivity contribution is 0.286. The summed E-state index contributed by atoms with van der Waals surface area (Å²) < 4.78 is 2.06. The molecule has 0 amide bonds. The molecule has 0 saturated heterocycles. The molecule has 4 heteroatoms. The van der Waals surface area contributed by atoms with Crippen LogP contribution >= 0.6 is 0 Å². The fourth-order valence-corrected chi connectivity index (χ4v) is 1.88. The van der Waals surface area contributed by atoms with Gasteiger partial charge in [-0.25, -0.2) is 4.98 Å². The number of hydrazine groups is 1. The first kappa shape index (κ1) is 13.2. The van der Waals surface area contributed by atoms with Crippen LogP contribution in [-0.2, 0) is 13.5 Å². The Morgan fingerprint density at radius 1 is 1.44 bits per heavy atom.